The number of fused-ring (bicyclic) bond motifs is 4. The van der Waals surface area contributed by atoms with Crippen molar-refractivity contribution in [1.29, 1.82) is 0 Å². The maximum atomic E-state index is 14.6. The van der Waals surface area contributed by atoms with E-state index in [4.69, 9.17) is 23.2 Å². The van der Waals surface area contributed by atoms with E-state index in [1.807, 2.05) is 0 Å². The largest absolute Gasteiger partial charge is 0.505 e. The molecule has 2 aliphatic carbocycles. The van der Waals surface area contributed by atoms with Crippen LogP contribution >= 0.6 is 23.2 Å². The van der Waals surface area contributed by atoms with Crippen molar-refractivity contribution >= 4 is 52.5 Å². The van der Waals surface area contributed by atoms with E-state index >= 15 is 0 Å². The Kier molecular flexibility index (Phi) is 5.33. The van der Waals surface area contributed by atoms with Gasteiger partial charge >= 0.3 is 0 Å². The monoisotopic (exact) mass is 560 g/mol. The van der Waals surface area contributed by atoms with Gasteiger partial charge < -0.3 is 5.11 Å². The van der Waals surface area contributed by atoms with E-state index in [1.165, 1.54) is 31.3 Å². The lowest BCUT2D eigenvalue weighted by atomic mass is 9.56. The average molecular weight is 561 g/mol. The van der Waals surface area contributed by atoms with E-state index in [1.54, 1.807) is 6.08 Å². The number of halogens is 4. The third-order valence-corrected chi connectivity index (χ3v) is 9.86. The summed E-state index contributed by atoms with van der Waals surface area (Å²) in [6.07, 6.45) is 1.58. The van der Waals surface area contributed by atoms with E-state index in [0.717, 1.165) is 28.0 Å². The number of amides is 4. The van der Waals surface area contributed by atoms with Crippen LogP contribution in [0.5, 0.6) is 5.75 Å². The molecular weight excluding hydrogens is 541 g/mol. The molecule has 0 unspecified atom stereocenters. The molecule has 2 aliphatic heterocycles. The molecule has 4 amide bonds. The van der Waals surface area contributed by atoms with E-state index in [9.17, 15) is 33.1 Å². The van der Waals surface area contributed by atoms with Crippen molar-refractivity contribution in [2.75, 3.05) is 11.9 Å². The van der Waals surface area contributed by atoms with Gasteiger partial charge in [0.15, 0.2) is 21.3 Å². The molecule has 3 fully saturated rings. The van der Waals surface area contributed by atoms with Crippen molar-refractivity contribution < 1.29 is 33.1 Å². The molecule has 0 bridgehead atoms. The standard InChI is InChI=1S/C27H20Cl2F2N2O5/c1-32-22(35)15-10-9-14-17(19(15)23(32)36)11-26(28)24(37)33(13-7-5-12(30)6-8-13)25(38)27(26,29)20(14)16-3-2-4-18(31)21(16)34/h2-9,15,17,19-20,34H,10-11H2,1H3/t15-,17+,19-,20+,26+,27-/m0/s1. The van der Waals surface area contributed by atoms with Crippen molar-refractivity contribution in [2.24, 2.45) is 17.8 Å². The summed E-state index contributed by atoms with van der Waals surface area (Å²) < 4.78 is 28.2. The predicted octanol–water partition coefficient (Wildman–Crippen LogP) is 3.86. The summed E-state index contributed by atoms with van der Waals surface area (Å²) in [5, 5.41) is 10.8. The second kappa shape index (κ2) is 8.10. The Hall–Kier alpha value is -3.30. The molecule has 2 saturated heterocycles. The van der Waals surface area contributed by atoms with Gasteiger partial charge in [-0.05, 0) is 49.1 Å². The highest BCUT2D eigenvalue weighted by molar-refractivity contribution is 6.58. The van der Waals surface area contributed by atoms with Crippen molar-refractivity contribution in [2.45, 2.75) is 28.5 Å². The number of carbonyl (C=O) groups excluding carboxylic acids is 4. The van der Waals surface area contributed by atoms with Crippen molar-refractivity contribution in [3.63, 3.8) is 0 Å². The second-order valence-electron chi connectivity index (χ2n) is 10.2. The minimum absolute atomic E-state index is 0.0275. The third kappa shape index (κ3) is 2.94. The van der Waals surface area contributed by atoms with Gasteiger partial charge in [-0.3, -0.25) is 24.1 Å². The van der Waals surface area contributed by atoms with Crippen LogP contribution in [0, 0.1) is 29.4 Å². The molecular formula is C27H20Cl2F2N2O5. The maximum Gasteiger partial charge on any atom is 0.258 e. The van der Waals surface area contributed by atoms with Crippen molar-refractivity contribution in [3.8, 4) is 5.75 Å². The third-order valence-electron chi connectivity index (χ3n) is 8.45. The number of likely N-dealkylation sites (tertiary alicyclic amines) is 1. The number of anilines is 1. The molecule has 2 aromatic rings. The summed E-state index contributed by atoms with van der Waals surface area (Å²) in [4.78, 5) is 51.4. The average Bonchev–Trinajstić information content (AvgIpc) is 3.20. The molecule has 1 saturated carbocycles. The first-order valence-electron chi connectivity index (χ1n) is 11.9. The molecule has 0 spiro atoms. The molecule has 1 N–H and O–H groups in total. The topological polar surface area (TPSA) is 95.0 Å². The van der Waals surface area contributed by atoms with Gasteiger partial charge in [0, 0.05) is 18.5 Å². The van der Waals surface area contributed by atoms with E-state index in [0.29, 0.717) is 5.57 Å². The van der Waals surface area contributed by atoms with Crippen LogP contribution in [-0.4, -0.2) is 50.4 Å². The summed E-state index contributed by atoms with van der Waals surface area (Å²) in [6, 6.07) is 8.34. The quantitative estimate of drug-likeness (QED) is 0.342. The molecule has 0 aromatic heterocycles. The van der Waals surface area contributed by atoms with Crippen LogP contribution in [0.15, 0.2) is 54.1 Å². The number of hydrogen-bond donors (Lipinski definition) is 1. The molecule has 4 aliphatic rings. The summed E-state index contributed by atoms with van der Waals surface area (Å²) in [7, 11) is 1.38. The summed E-state index contributed by atoms with van der Waals surface area (Å²) >= 11 is 14.2. The zero-order valence-electron chi connectivity index (χ0n) is 19.8. The Balaban J connectivity index is 1.60. The molecule has 2 heterocycles. The Labute approximate surface area is 225 Å². The zero-order chi connectivity index (χ0) is 27.3. The van der Waals surface area contributed by atoms with Gasteiger partial charge in [0.05, 0.1) is 17.5 Å². The van der Waals surface area contributed by atoms with E-state index < -0.39 is 68.5 Å². The number of para-hydroxylation sites is 1. The highest BCUT2D eigenvalue weighted by Gasteiger charge is 2.76. The Morgan fingerprint density at radius 1 is 0.947 bits per heavy atom. The molecule has 0 radical (unpaired) electrons. The molecule has 7 nitrogen and oxygen atoms in total. The predicted molar refractivity (Wildman–Crippen MR) is 132 cm³/mol. The smallest absolute Gasteiger partial charge is 0.258 e. The lowest BCUT2D eigenvalue weighted by molar-refractivity contribution is -0.138. The number of nitrogens with zero attached hydrogens (tertiary/aromatic N) is 2. The highest BCUT2D eigenvalue weighted by Crippen LogP contribution is 2.66. The van der Waals surface area contributed by atoms with Crippen molar-refractivity contribution in [3.05, 3.63) is 71.3 Å². The van der Waals surface area contributed by atoms with Crippen LogP contribution in [0.3, 0.4) is 0 Å². The lowest BCUT2D eigenvalue weighted by Gasteiger charge is -2.50. The minimum atomic E-state index is -2.24. The van der Waals surface area contributed by atoms with Gasteiger partial charge in [0.1, 0.15) is 5.82 Å². The normalized spacial score (nSPS) is 34.3. The van der Waals surface area contributed by atoms with Crippen LogP contribution in [0.4, 0.5) is 14.5 Å². The molecule has 6 rings (SSSR count). The molecule has 2 aromatic carbocycles. The van der Waals surface area contributed by atoms with Crippen LogP contribution in [0.1, 0.15) is 24.3 Å². The van der Waals surface area contributed by atoms with Gasteiger partial charge in [-0.25, -0.2) is 13.7 Å². The van der Waals surface area contributed by atoms with Crippen LogP contribution in [-0.2, 0) is 19.2 Å². The lowest BCUT2D eigenvalue weighted by Crippen LogP contribution is -2.60. The number of hydrogen-bond acceptors (Lipinski definition) is 5. The SMILES string of the molecule is CN1C(=O)[C@H]2[C@H](CC=C3[C@H]2C[C@@]2(Cl)C(=O)N(c4ccc(F)cc4)C(=O)[C@@]2(Cl)[C@H]3c2cccc(F)c2O)C1=O. The summed E-state index contributed by atoms with van der Waals surface area (Å²) in [5.74, 6) is -8.64. The second-order valence-corrected chi connectivity index (χ2v) is 11.4. The fourth-order valence-electron chi connectivity index (χ4n) is 6.67. The number of phenolic OH excluding ortho intramolecular Hbond substituents is 1. The Bertz CT molecular complexity index is 1480. The van der Waals surface area contributed by atoms with Gasteiger partial charge in [-0.2, -0.15) is 0 Å². The molecule has 196 valence electrons. The molecule has 38 heavy (non-hydrogen) atoms. The van der Waals surface area contributed by atoms with Gasteiger partial charge in [-0.1, -0.05) is 23.8 Å². The van der Waals surface area contributed by atoms with Crippen LogP contribution in [0.25, 0.3) is 0 Å². The zero-order valence-corrected chi connectivity index (χ0v) is 21.3. The number of alkyl halides is 2. The number of imide groups is 2. The van der Waals surface area contributed by atoms with Gasteiger partial charge in [0.25, 0.3) is 11.8 Å². The number of allylic oxidation sites excluding steroid dienone is 2. The fraction of sp³-hybridized carbons (Fsp3) is 0.333. The summed E-state index contributed by atoms with van der Waals surface area (Å²) in [5.41, 5.74) is 0.378. The maximum absolute atomic E-state index is 14.6. The number of carbonyl (C=O) groups is 4. The number of aromatic hydroxyl groups is 1. The first-order valence-corrected chi connectivity index (χ1v) is 12.7. The summed E-state index contributed by atoms with van der Waals surface area (Å²) in [6.45, 7) is 0. The molecule has 6 atom stereocenters. The number of rotatable bonds is 2. The number of benzene rings is 2. The van der Waals surface area contributed by atoms with Crippen LogP contribution < -0.4 is 4.90 Å². The number of phenols is 1. The fourth-order valence-corrected chi connectivity index (χ4v) is 7.59. The van der Waals surface area contributed by atoms with Crippen LogP contribution in [0.2, 0.25) is 0 Å². The van der Waals surface area contributed by atoms with Crippen molar-refractivity contribution in [1.82, 2.24) is 4.90 Å². The highest BCUT2D eigenvalue weighted by atomic mass is 35.5. The first-order chi connectivity index (χ1) is 17.9. The van der Waals surface area contributed by atoms with E-state index in [2.05, 4.69) is 0 Å². The van der Waals surface area contributed by atoms with E-state index in [-0.39, 0.29) is 30.0 Å². The first kappa shape index (κ1) is 25.0. The minimum Gasteiger partial charge on any atom is -0.505 e. The Morgan fingerprint density at radius 3 is 2.32 bits per heavy atom. The van der Waals surface area contributed by atoms with Gasteiger partial charge in [0.2, 0.25) is 11.8 Å². The molecule has 11 heteroatoms. The Morgan fingerprint density at radius 2 is 1.63 bits per heavy atom. The van der Waals surface area contributed by atoms with Gasteiger partial charge in [-0.15, -0.1) is 23.2 Å².